The number of aromatic hydroxyl groups is 1. The van der Waals surface area contributed by atoms with Crippen LogP contribution in [-0.2, 0) is 0 Å². The summed E-state index contributed by atoms with van der Waals surface area (Å²) in [6.07, 6.45) is 4.48. The van der Waals surface area contributed by atoms with Crippen LogP contribution in [0, 0.1) is 0 Å². The molecule has 7 heteroatoms. The Balaban J connectivity index is 2.10. The molecule has 1 amide bonds. The number of methoxy groups -OCH3 is 1. The molecular weight excluding hydrogens is 338 g/mol. The van der Waals surface area contributed by atoms with Gasteiger partial charge in [-0.3, -0.25) is 9.78 Å². The van der Waals surface area contributed by atoms with Crippen molar-refractivity contribution in [3.05, 3.63) is 52.3 Å². The third kappa shape index (κ3) is 3.79. The number of amides is 1. The number of pyridine rings is 1. The standard InChI is InChI=1S/C14H12BrN3O3/c1-21-13-5-10(11(15)6-12(13)19)8-17-18-14(20)9-3-2-4-16-7-9/h2-8,19H,1H3,(H,18,20). The Labute approximate surface area is 129 Å². The normalized spacial score (nSPS) is 10.6. The first-order chi connectivity index (χ1) is 10.1. The van der Waals surface area contributed by atoms with E-state index in [4.69, 9.17) is 4.74 Å². The number of rotatable bonds is 4. The first-order valence-electron chi connectivity index (χ1n) is 5.91. The largest absolute Gasteiger partial charge is 0.504 e. The Bertz CT molecular complexity index is 675. The van der Waals surface area contributed by atoms with Gasteiger partial charge in [0.15, 0.2) is 11.5 Å². The Hall–Kier alpha value is -2.41. The summed E-state index contributed by atoms with van der Waals surface area (Å²) in [4.78, 5) is 15.6. The molecule has 2 N–H and O–H groups in total. The van der Waals surface area contributed by atoms with E-state index in [-0.39, 0.29) is 11.7 Å². The zero-order valence-corrected chi connectivity index (χ0v) is 12.7. The van der Waals surface area contributed by atoms with Gasteiger partial charge >= 0.3 is 0 Å². The molecule has 0 aliphatic rings. The van der Waals surface area contributed by atoms with Crippen LogP contribution in [0.25, 0.3) is 0 Å². The van der Waals surface area contributed by atoms with E-state index < -0.39 is 0 Å². The van der Waals surface area contributed by atoms with Crippen molar-refractivity contribution in [2.45, 2.75) is 0 Å². The summed E-state index contributed by atoms with van der Waals surface area (Å²) in [6.45, 7) is 0. The van der Waals surface area contributed by atoms with Gasteiger partial charge < -0.3 is 9.84 Å². The van der Waals surface area contributed by atoms with E-state index in [0.717, 1.165) is 0 Å². The molecule has 0 saturated heterocycles. The number of nitrogens with zero attached hydrogens (tertiary/aromatic N) is 2. The second kappa shape index (κ2) is 6.85. The van der Waals surface area contributed by atoms with Crippen molar-refractivity contribution in [1.82, 2.24) is 10.4 Å². The Morgan fingerprint density at radius 2 is 2.33 bits per heavy atom. The molecule has 2 aromatic rings. The zero-order chi connectivity index (χ0) is 15.2. The minimum atomic E-state index is -0.360. The van der Waals surface area contributed by atoms with Gasteiger partial charge in [-0.1, -0.05) is 0 Å². The third-order valence-electron chi connectivity index (χ3n) is 2.59. The molecule has 0 aliphatic heterocycles. The number of aromatic nitrogens is 1. The van der Waals surface area contributed by atoms with E-state index in [9.17, 15) is 9.90 Å². The Morgan fingerprint density at radius 3 is 3.00 bits per heavy atom. The highest BCUT2D eigenvalue weighted by Crippen LogP contribution is 2.31. The van der Waals surface area contributed by atoms with Crippen LogP contribution in [0.2, 0.25) is 0 Å². The van der Waals surface area contributed by atoms with Crippen molar-refractivity contribution in [3.63, 3.8) is 0 Å². The average Bonchev–Trinajstić information content (AvgIpc) is 2.50. The minimum absolute atomic E-state index is 0.0147. The summed E-state index contributed by atoms with van der Waals surface area (Å²) in [7, 11) is 1.45. The van der Waals surface area contributed by atoms with Crippen LogP contribution in [0.1, 0.15) is 15.9 Å². The van der Waals surface area contributed by atoms with E-state index in [1.54, 1.807) is 24.4 Å². The average molecular weight is 350 g/mol. The van der Waals surface area contributed by atoms with Crippen molar-refractivity contribution in [2.75, 3.05) is 7.11 Å². The molecule has 108 valence electrons. The van der Waals surface area contributed by atoms with Gasteiger partial charge in [0.25, 0.3) is 5.91 Å². The molecule has 1 aromatic heterocycles. The maximum absolute atomic E-state index is 11.8. The van der Waals surface area contributed by atoms with Gasteiger partial charge in [-0.25, -0.2) is 5.43 Å². The fourth-order valence-electron chi connectivity index (χ4n) is 1.54. The first kappa shape index (κ1) is 15.0. The van der Waals surface area contributed by atoms with Crippen molar-refractivity contribution < 1.29 is 14.6 Å². The molecule has 0 spiro atoms. The number of phenolic OH excluding ortho intramolecular Hbond substituents is 1. The number of halogens is 1. The van der Waals surface area contributed by atoms with Gasteiger partial charge in [0.05, 0.1) is 18.9 Å². The fourth-order valence-corrected chi connectivity index (χ4v) is 1.98. The molecule has 0 aliphatic carbocycles. The molecular formula is C14H12BrN3O3. The summed E-state index contributed by atoms with van der Waals surface area (Å²) >= 11 is 3.29. The smallest absolute Gasteiger partial charge is 0.272 e. The minimum Gasteiger partial charge on any atom is -0.504 e. The molecule has 0 atom stereocenters. The number of phenols is 1. The van der Waals surface area contributed by atoms with Gasteiger partial charge in [-0.15, -0.1) is 0 Å². The predicted molar refractivity (Wildman–Crippen MR) is 81.7 cm³/mol. The van der Waals surface area contributed by atoms with Crippen LogP contribution in [0.15, 0.2) is 46.2 Å². The Morgan fingerprint density at radius 1 is 1.52 bits per heavy atom. The summed E-state index contributed by atoms with van der Waals surface area (Å²) in [5.74, 6) is -0.0274. The van der Waals surface area contributed by atoms with Crippen molar-refractivity contribution in [2.24, 2.45) is 5.10 Å². The zero-order valence-electron chi connectivity index (χ0n) is 11.1. The highest BCUT2D eigenvalue weighted by atomic mass is 79.9. The van der Waals surface area contributed by atoms with Gasteiger partial charge in [-0.2, -0.15) is 5.10 Å². The molecule has 0 fully saturated rings. The second-order valence-electron chi connectivity index (χ2n) is 3.99. The van der Waals surface area contributed by atoms with Crippen LogP contribution in [-0.4, -0.2) is 29.3 Å². The number of ether oxygens (including phenoxy) is 1. The van der Waals surface area contributed by atoms with Crippen LogP contribution < -0.4 is 10.2 Å². The van der Waals surface area contributed by atoms with Gasteiger partial charge in [0.2, 0.25) is 0 Å². The van der Waals surface area contributed by atoms with Crippen LogP contribution >= 0.6 is 15.9 Å². The summed E-state index contributed by atoms with van der Waals surface area (Å²) in [5.41, 5.74) is 3.46. The number of hydrogen-bond acceptors (Lipinski definition) is 5. The number of benzene rings is 1. The van der Waals surface area contributed by atoms with Gasteiger partial charge in [0, 0.05) is 22.4 Å². The summed E-state index contributed by atoms with van der Waals surface area (Å²) < 4.78 is 5.63. The Kier molecular flexibility index (Phi) is 4.89. The lowest BCUT2D eigenvalue weighted by molar-refractivity contribution is 0.0955. The maximum Gasteiger partial charge on any atom is 0.272 e. The van der Waals surface area contributed by atoms with Crippen LogP contribution in [0.3, 0.4) is 0 Å². The molecule has 1 heterocycles. The van der Waals surface area contributed by atoms with E-state index in [2.05, 4.69) is 31.4 Å². The molecule has 2 rings (SSSR count). The van der Waals surface area contributed by atoms with Crippen molar-refractivity contribution >= 4 is 28.1 Å². The van der Waals surface area contributed by atoms with Crippen molar-refractivity contribution in [3.8, 4) is 11.5 Å². The topological polar surface area (TPSA) is 83.8 Å². The maximum atomic E-state index is 11.8. The highest BCUT2D eigenvalue weighted by molar-refractivity contribution is 9.10. The lowest BCUT2D eigenvalue weighted by atomic mass is 10.2. The highest BCUT2D eigenvalue weighted by Gasteiger charge is 2.07. The SMILES string of the molecule is COc1cc(C=NNC(=O)c2cccnc2)c(Br)cc1O. The quantitative estimate of drug-likeness (QED) is 0.655. The molecule has 0 saturated carbocycles. The van der Waals surface area contributed by atoms with Gasteiger partial charge in [0.1, 0.15) is 0 Å². The number of nitrogens with one attached hydrogen (secondary N) is 1. The molecule has 0 unspecified atom stereocenters. The third-order valence-corrected chi connectivity index (χ3v) is 3.28. The summed E-state index contributed by atoms with van der Waals surface area (Å²) in [6, 6.07) is 6.39. The number of hydrazone groups is 1. The van der Waals surface area contributed by atoms with E-state index in [1.165, 1.54) is 25.6 Å². The van der Waals surface area contributed by atoms with Crippen LogP contribution in [0.5, 0.6) is 11.5 Å². The molecule has 0 radical (unpaired) electrons. The van der Waals surface area contributed by atoms with E-state index in [0.29, 0.717) is 21.3 Å². The first-order valence-corrected chi connectivity index (χ1v) is 6.71. The molecule has 6 nitrogen and oxygen atoms in total. The fraction of sp³-hybridized carbons (Fsp3) is 0.0714. The van der Waals surface area contributed by atoms with E-state index >= 15 is 0 Å². The number of carbonyl (C=O) groups is 1. The molecule has 21 heavy (non-hydrogen) atoms. The summed E-state index contributed by atoms with van der Waals surface area (Å²) in [5, 5.41) is 13.5. The van der Waals surface area contributed by atoms with Gasteiger partial charge in [-0.05, 0) is 40.2 Å². The number of hydrogen-bond donors (Lipinski definition) is 2. The van der Waals surface area contributed by atoms with Crippen molar-refractivity contribution in [1.29, 1.82) is 0 Å². The number of carbonyl (C=O) groups excluding carboxylic acids is 1. The lowest BCUT2D eigenvalue weighted by Crippen LogP contribution is -2.17. The predicted octanol–water partition coefficient (Wildman–Crippen LogP) is 2.32. The second-order valence-corrected chi connectivity index (χ2v) is 4.84. The molecule has 1 aromatic carbocycles. The van der Waals surface area contributed by atoms with Crippen LogP contribution in [0.4, 0.5) is 0 Å². The molecule has 0 bridgehead atoms. The monoisotopic (exact) mass is 349 g/mol. The van der Waals surface area contributed by atoms with E-state index in [1.807, 2.05) is 0 Å². The lowest BCUT2D eigenvalue weighted by Gasteiger charge is -2.06.